The third-order valence-electron chi connectivity index (χ3n) is 6.81. The highest BCUT2D eigenvalue weighted by Gasteiger charge is 2.57. The van der Waals surface area contributed by atoms with Crippen LogP contribution in [-0.4, -0.2) is 11.1 Å². The van der Waals surface area contributed by atoms with Crippen LogP contribution in [0, 0.1) is 22.7 Å². The molecule has 2 saturated carbocycles. The summed E-state index contributed by atoms with van der Waals surface area (Å²) >= 11 is 0. The number of furan rings is 1. The average Bonchev–Trinajstić information content (AvgIpc) is 2.99. The number of hydrogen-bond donors (Lipinski definition) is 1. The van der Waals surface area contributed by atoms with Crippen molar-refractivity contribution < 1.29 is 14.3 Å². The highest BCUT2D eigenvalue weighted by Crippen LogP contribution is 2.61. The van der Waals surface area contributed by atoms with Gasteiger partial charge in [0.15, 0.2) is 0 Å². The van der Waals surface area contributed by atoms with Crippen LogP contribution in [0.4, 0.5) is 0 Å². The Morgan fingerprint density at radius 1 is 1.43 bits per heavy atom. The molecule has 0 spiro atoms. The summed E-state index contributed by atoms with van der Waals surface area (Å²) in [5.41, 5.74) is 2.02. The number of rotatable bonds is 4. The van der Waals surface area contributed by atoms with Crippen molar-refractivity contribution in [2.24, 2.45) is 22.7 Å². The number of carbonyl (C=O) groups is 1. The normalized spacial score (nSPS) is 37.4. The number of hydrogen-bond acceptors (Lipinski definition) is 2. The van der Waals surface area contributed by atoms with Crippen LogP contribution < -0.4 is 0 Å². The molecule has 0 unspecified atom stereocenters. The van der Waals surface area contributed by atoms with E-state index < -0.39 is 11.4 Å². The zero-order valence-corrected chi connectivity index (χ0v) is 14.3. The monoisotopic (exact) mass is 316 g/mol. The summed E-state index contributed by atoms with van der Waals surface area (Å²) in [7, 11) is 0. The van der Waals surface area contributed by atoms with Crippen LogP contribution in [0.15, 0.2) is 35.2 Å². The molecule has 2 aliphatic rings. The molecule has 0 aliphatic heterocycles. The molecule has 2 fully saturated rings. The van der Waals surface area contributed by atoms with Gasteiger partial charge in [-0.25, -0.2) is 0 Å². The van der Waals surface area contributed by atoms with Crippen molar-refractivity contribution in [3.05, 3.63) is 36.3 Å². The molecule has 23 heavy (non-hydrogen) atoms. The summed E-state index contributed by atoms with van der Waals surface area (Å²) in [6.45, 7) is 8.65. The van der Waals surface area contributed by atoms with E-state index in [-0.39, 0.29) is 11.3 Å². The molecule has 0 bridgehead atoms. The zero-order valence-electron chi connectivity index (χ0n) is 14.3. The van der Waals surface area contributed by atoms with Crippen molar-refractivity contribution in [1.82, 2.24) is 0 Å². The lowest BCUT2D eigenvalue weighted by atomic mass is 9.46. The average molecular weight is 316 g/mol. The van der Waals surface area contributed by atoms with Gasteiger partial charge in [-0.15, -0.1) is 0 Å². The van der Waals surface area contributed by atoms with E-state index in [1.165, 1.54) is 11.1 Å². The Kier molecular flexibility index (Phi) is 4.16. The van der Waals surface area contributed by atoms with Gasteiger partial charge >= 0.3 is 5.97 Å². The molecule has 0 radical (unpaired) electrons. The zero-order chi connectivity index (χ0) is 16.7. The second kappa shape index (κ2) is 5.85. The van der Waals surface area contributed by atoms with Gasteiger partial charge in [0, 0.05) is 0 Å². The minimum Gasteiger partial charge on any atom is -0.481 e. The van der Waals surface area contributed by atoms with Gasteiger partial charge in [-0.2, -0.15) is 0 Å². The number of aliphatic carboxylic acids is 1. The van der Waals surface area contributed by atoms with Gasteiger partial charge in [0.25, 0.3) is 0 Å². The first-order valence-electron chi connectivity index (χ1n) is 8.80. The van der Waals surface area contributed by atoms with E-state index in [1.54, 1.807) is 6.26 Å². The molecule has 126 valence electrons. The van der Waals surface area contributed by atoms with Gasteiger partial charge in [0.1, 0.15) is 0 Å². The molecule has 1 aromatic heterocycles. The maximum atomic E-state index is 12.0. The van der Waals surface area contributed by atoms with Crippen LogP contribution in [0.1, 0.15) is 57.9 Å². The van der Waals surface area contributed by atoms with Gasteiger partial charge in [-0.3, -0.25) is 4.79 Å². The molecular weight excluding hydrogens is 288 g/mol. The quantitative estimate of drug-likeness (QED) is 0.788. The lowest BCUT2D eigenvalue weighted by Crippen LogP contribution is -2.53. The molecular formula is C20H28O3. The SMILES string of the molecule is C=C1CC[C@@H]2[C@](C)(CCC[C@]2(C)C(=O)O)[C@@H]1CCc1ccoc1. The van der Waals surface area contributed by atoms with Gasteiger partial charge in [-0.05, 0) is 74.3 Å². The van der Waals surface area contributed by atoms with Crippen LogP contribution in [0.3, 0.4) is 0 Å². The predicted molar refractivity (Wildman–Crippen MR) is 90.1 cm³/mol. The van der Waals surface area contributed by atoms with E-state index in [2.05, 4.69) is 13.5 Å². The Bertz CT molecular complexity index is 588. The van der Waals surface area contributed by atoms with Crippen LogP contribution in [0.2, 0.25) is 0 Å². The lowest BCUT2D eigenvalue weighted by molar-refractivity contribution is -0.164. The van der Waals surface area contributed by atoms with E-state index in [4.69, 9.17) is 4.42 Å². The maximum Gasteiger partial charge on any atom is 0.309 e. The summed E-state index contributed by atoms with van der Waals surface area (Å²) in [6.07, 6.45) is 10.4. The molecule has 4 atom stereocenters. The van der Waals surface area contributed by atoms with E-state index >= 15 is 0 Å². The Morgan fingerprint density at radius 2 is 2.22 bits per heavy atom. The standard InChI is InChI=1S/C20H28O3/c1-14-5-8-17-19(2,10-4-11-20(17,3)18(21)22)16(14)7-6-15-9-12-23-13-15/h9,12-13,16-17H,1,4-8,10-11H2,2-3H3,(H,21,22)/t16-,17-,19-,20+/m1/s1. The van der Waals surface area contributed by atoms with Crippen molar-refractivity contribution in [3.8, 4) is 0 Å². The number of aryl methyl sites for hydroxylation is 1. The molecule has 1 N–H and O–H groups in total. The third kappa shape index (κ3) is 2.64. The van der Waals surface area contributed by atoms with E-state index in [0.29, 0.717) is 5.92 Å². The molecule has 3 nitrogen and oxygen atoms in total. The molecule has 3 heteroatoms. The highest BCUT2D eigenvalue weighted by atomic mass is 16.4. The summed E-state index contributed by atoms with van der Waals surface area (Å²) in [6, 6.07) is 2.02. The van der Waals surface area contributed by atoms with Crippen molar-refractivity contribution in [3.63, 3.8) is 0 Å². The Balaban J connectivity index is 1.86. The van der Waals surface area contributed by atoms with Crippen LogP contribution in [0.5, 0.6) is 0 Å². The van der Waals surface area contributed by atoms with Crippen molar-refractivity contribution in [1.29, 1.82) is 0 Å². The van der Waals surface area contributed by atoms with Crippen molar-refractivity contribution >= 4 is 5.97 Å². The van der Waals surface area contributed by atoms with Crippen LogP contribution in [0.25, 0.3) is 0 Å². The fourth-order valence-electron chi connectivity index (χ4n) is 5.48. The molecule has 3 rings (SSSR count). The number of carboxylic acids is 1. The molecule has 0 saturated heterocycles. The van der Waals surface area contributed by atoms with E-state index in [0.717, 1.165) is 44.9 Å². The van der Waals surface area contributed by atoms with Gasteiger partial charge < -0.3 is 9.52 Å². The fraction of sp³-hybridized carbons (Fsp3) is 0.650. The van der Waals surface area contributed by atoms with Crippen molar-refractivity contribution in [2.45, 2.75) is 58.8 Å². The van der Waals surface area contributed by atoms with Gasteiger partial charge in [0.2, 0.25) is 0 Å². The van der Waals surface area contributed by atoms with Crippen molar-refractivity contribution in [2.75, 3.05) is 0 Å². The minimum absolute atomic E-state index is 0.0600. The molecule has 0 amide bonds. The molecule has 1 heterocycles. The Morgan fingerprint density at radius 3 is 2.87 bits per heavy atom. The van der Waals surface area contributed by atoms with Gasteiger partial charge in [-0.1, -0.05) is 25.5 Å². The number of carboxylic acid groups (broad SMARTS) is 1. The first kappa shape index (κ1) is 16.4. The summed E-state index contributed by atoms with van der Waals surface area (Å²) in [4.78, 5) is 12.0. The van der Waals surface area contributed by atoms with E-state index in [1.807, 2.05) is 19.3 Å². The number of fused-ring (bicyclic) bond motifs is 1. The summed E-state index contributed by atoms with van der Waals surface area (Å²) in [5, 5.41) is 9.85. The molecule has 0 aromatic carbocycles. The topological polar surface area (TPSA) is 50.4 Å². The lowest BCUT2D eigenvalue weighted by Gasteiger charge is -2.57. The Labute approximate surface area is 138 Å². The molecule has 2 aliphatic carbocycles. The summed E-state index contributed by atoms with van der Waals surface area (Å²) < 4.78 is 5.18. The second-order valence-corrected chi connectivity index (χ2v) is 8.05. The van der Waals surface area contributed by atoms with E-state index in [9.17, 15) is 9.90 Å². The van der Waals surface area contributed by atoms with Gasteiger partial charge in [0.05, 0.1) is 17.9 Å². The highest BCUT2D eigenvalue weighted by molar-refractivity contribution is 5.75. The summed E-state index contributed by atoms with van der Waals surface area (Å²) in [5.74, 6) is 0.0470. The first-order chi connectivity index (χ1) is 10.9. The largest absolute Gasteiger partial charge is 0.481 e. The first-order valence-corrected chi connectivity index (χ1v) is 8.80. The third-order valence-corrected chi connectivity index (χ3v) is 6.81. The maximum absolute atomic E-state index is 12.0. The fourth-order valence-corrected chi connectivity index (χ4v) is 5.48. The second-order valence-electron chi connectivity index (χ2n) is 8.05. The predicted octanol–water partition coefficient (Wildman–Crippen LogP) is 5.08. The van der Waals surface area contributed by atoms with Crippen LogP contribution in [-0.2, 0) is 11.2 Å². The number of allylic oxidation sites excluding steroid dienone is 1. The minimum atomic E-state index is -0.616. The Hall–Kier alpha value is -1.51. The van der Waals surface area contributed by atoms with Crippen LogP contribution >= 0.6 is 0 Å². The molecule has 1 aromatic rings. The smallest absolute Gasteiger partial charge is 0.309 e.